The fourth-order valence-electron chi connectivity index (χ4n) is 1.55. The molecule has 3 N–H and O–H groups in total. The topological polar surface area (TPSA) is 50.9 Å². The highest BCUT2D eigenvalue weighted by Gasteiger charge is 2.00. The summed E-state index contributed by atoms with van der Waals surface area (Å²) in [5.41, 5.74) is 8.18. The molecule has 0 aliphatic heterocycles. The molecule has 0 bridgehead atoms. The highest BCUT2D eigenvalue weighted by Crippen LogP contribution is 2.18. The first-order valence-electron chi connectivity index (χ1n) is 5.78. The number of benzene rings is 1. The average Bonchev–Trinajstić information content (AvgIpc) is 2.85. The number of nitrogens with one attached hydrogen (secondary N) is 1. The average molecular weight is 247 g/mol. The van der Waals surface area contributed by atoms with Gasteiger partial charge in [-0.15, -0.1) is 11.3 Å². The van der Waals surface area contributed by atoms with Crippen molar-refractivity contribution >= 4 is 16.5 Å². The lowest BCUT2D eigenvalue weighted by molar-refractivity contribution is 1.09. The van der Waals surface area contributed by atoms with Gasteiger partial charge in [0.15, 0.2) is 5.13 Å². The fraction of sp³-hybridized carbons (Fsp3) is 0.308. The Labute approximate surface area is 106 Å². The van der Waals surface area contributed by atoms with E-state index in [1.807, 2.05) is 6.20 Å². The number of nitrogens with two attached hydrogens (primary N) is 1. The molecule has 0 spiro atoms. The second-order valence-electron chi connectivity index (χ2n) is 3.86. The molecule has 2 aromatic rings. The number of aromatic nitrogens is 1. The van der Waals surface area contributed by atoms with E-state index in [1.54, 1.807) is 11.3 Å². The Hall–Kier alpha value is -1.39. The van der Waals surface area contributed by atoms with E-state index in [0.717, 1.165) is 23.0 Å². The molecule has 1 aromatic carbocycles. The maximum atomic E-state index is 5.55. The maximum absolute atomic E-state index is 5.55. The van der Waals surface area contributed by atoms with Crippen molar-refractivity contribution in [3.8, 4) is 0 Å². The van der Waals surface area contributed by atoms with Crippen LogP contribution in [0, 0.1) is 0 Å². The van der Waals surface area contributed by atoms with Crippen molar-refractivity contribution in [2.45, 2.75) is 26.4 Å². The van der Waals surface area contributed by atoms with Gasteiger partial charge in [-0.2, -0.15) is 0 Å². The summed E-state index contributed by atoms with van der Waals surface area (Å²) in [6.45, 7) is 3.53. The van der Waals surface area contributed by atoms with Gasteiger partial charge < -0.3 is 11.1 Å². The number of thiazole rings is 1. The molecule has 0 unspecified atom stereocenters. The number of aryl methyl sites for hydroxylation is 1. The predicted molar refractivity (Wildman–Crippen MR) is 73.2 cm³/mol. The zero-order valence-corrected chi connectivity index (χ0v) is 10.8. The van der Waals surface area contributed by atoms with Crippen molar-refractivity contribution < 1.29 is 0 Å². The normalized spacial score (nSPS) is 10.5. The number of hydrogen-bond donors (Lipinski definition) is 2. The van der Waals surface area contributed by atoms with Crippen molar-refractivity contribution in [2.75, 3.05) is 5.32 Å². The summed E-state index contributed by atoms with van der Waals surface area (Å²) >= 11 is 1.61. The molecule has 90 valence electrons. The number of hydrogen-bond acceptors (Lipinski definition) is 4. The molecule has 0 amide bonds. The Balaban J connectivity index is 1.92. The zero-order chi connectivity index (χ0) is 12.1. The van der Waals surface area contributed by atoms with Gasteiger partial charge in [0.05, 0.1) is 0 Å². The van der Waals surface area contributed by atoms with Crippen LogP contribution in [0.15, 0.2) is 30.5 Å². The van der Waals surface area contributed by atoms with Gasteiger partial charge in [-0.25, -0.2) is 4.98 Å². The van der Waals surface area contributed by atoms with Gasteiger partial charge in [-0.05, 0) is 17.5 Å². The fourth-order valence-corrected chi connectivity index (χ4v) is 2.24. The minimum Gasteiger partial charge on any atom is -0.357 e. The van der Waals surface area contributed by atoms with Crippen LogP contribution in [0.3, 0.4) is 0 Å². The first kappa shape index (κ1) is 12.1. The monoisotopic (exact) mass is 247 g/mol. The first-order chi connectivity index (χ1) is 8.31. The summed E-state index contributed by atoms with van der Waals surface area (Å²) in [6, 6.07) is 8.65. The minimum absolute atomic E-state index is 0.560. The van der Waals surface area contributed by atoms with Gasteiger partial charge in [0.25, 0.3) is 0 Å². The molecule has 4 heteroatoms. The molecule has 0 atom stereocenters. The standard InChI is InChI=1S/C13H17N3S/c1-2-10-3-5-11(6-4-10)8-15-13-16-9-12(7-14)17-13/h3-6,9H,2,7-8,14H2,1H3,(H,15,16). The smallest absolute Gasteiger partial charge is 0.183 e. The summed E-state index contributed by atoms with van der Waals surface area (Å²) in [7, 11) is 0. The largest absolute Gasteiger partial charge is 0.357 e. The van der Waals surface area contributed by atoms with Crippen molar-refractivity contribution in [3.63, 3.8) is 0 Å². The molecule has 0 fully saturated rings. The quantitative estimate of drug-likeness (QED) is 0.854. The van der Waals surface area contributed by atoms with Gasteiger partial charge in [-0.1, -0.05) is 31.2 Å². The summed E-state index contributed by atoms with van der Waals surface area (Å²) in [4.78, 5) is 5.37. The first-order valence-corrected chi connectivity index (χ1v) is 6.60. The Morgan fingerprint density at radius 2 is 1.94 bits per heavy atom. The van der Waals surface area contributed by atoms with Crippen LogP contribution < -0.4 is 11.1 Å². The highest BCUT2D eigenvalue weighted by molar-refractivity contribution is 7.15. The van der Waals surface area contributed by atoms with Crippen molar-refractivity contribution in [2.24, 2.45) is 5.73 Å². The van der Waals surface area contributed by atoms with E-state index in [4.69, 9.17) is 5.73 Å². The molecule has 17 heavy (non-hydrogen) atoms. The highest BCUT2D eigenvalue weighted by atomic mass is 32.1. The third kappa shape index (κ3) is 3.28. The lowest BCUT2D eigenvalue weighted by atomic mass is 10.1. The lowest BCUT2D eigenvalue weighted by Gasteiger charge is -2.03. The molecule has 3 nitrogen and oxygen atoms in total. The molecule has 1 aromatic heterocycles. The van der Waals surface area contributed by atoms with Crippen LogP contribution in [0.4, 0.5) is 5.13 Å². The molecule has 0 saturated carbocycles. The molecule has 0 saturated heterocycles. The van der Waals surface area contributed by atoms with Gasteiger partial charge in [-0.3, -0.25) is 0 Å². The van der Waals surface area contributed by atoms with Crippen LogP contribution in [0.1, 0.15) is 22.9 Å². The van der Waals surface area contributed by atoms with Crippen molar-refractivity contribution in [1.29, 1.82) is 0 Å². The number of nitrogens with zero attached hydrogens (tertiary/aromatic N) is 1. The lowest BCUT2D eigenvalue weighted by Crippen LogP contribution is -1.98. The minimum atomic E-state index is 0.560. The van der Waals surface area contributed by atoms with Crippen LogP contribution in [-0.2, 0) is 19.5 Å². The van der Waals surface area contributed by atoms with E-state index in [2.05, 4.69) is 41.5 Å². The van der Waals surface area contributed by atoms with Crippen molar-refractivity contribution in [3.05, 3.63) is 46.5 Å². The van der Waals surface area contributed by atoms with E-state index in [-0.39, 0.29) is 0 Å². The second-order valence-corrected chi connectivity index (χ2v) is 4.97. The van der Waals surface area contributed by atoms with Crippen LogP contribution >= 0.6 is 11.3 Å². The molecule has 1 heterocycles. The Kier molecular flexibility index (Phi) is 4.12. The molecular weight excluding hydrogens is 230 g/mol. The van der Waals surface area contributed by atoms with E-state index < -0.39 is 0 Å². The summed E-state index contributed by atoms with van der Waals surface area (Å²) in [5.74, 6) is 0. The van der Waals surface area contributed by atoms with Crippen molar-refractivity contribution in [1.82, 2.24) is 4.98 Å². The van der Waals surface area contributed by atoms with E-state index >= 15 is 0 Å². The van der Waals surface area contributed by atoms with E-state index in [0.29, 0.717) is 6.54 Å². The molecule has 0 aliphatic carbocycles. The summed E-state index contributed by atoms with van der Waals surface area (Å²) < 4.78 is 0. The molecule has 2 rings (SSSR count). The second kappa shape index (κ2) is 5.80. The number of rotatable bonds is 5. The molecular formula is C13H17N3S. The maximum Gasteiger partial charge on any atom is 0.183 e. The predicted octanol–water partition coefficient (Wildman–Crippen LogP) is 2.78. The van der Waals surface area contributed by atoms with Crippen LogP contribution in [0.5, 0.6) is 0 Å². The Morgan fingerprint density at radius 3 is 2.53 bits per heavy atom. The van der Waals surface area contributed by atoms with Gasteiger partial charge in [0.1, 0.15) is 0 Å². The van der Waals surface area contributed by atoms with Crippen LogP contribution in [-0.4, -0.2) is 4.98 Å². The van der Waals surface area contributed by atoms with Gasteiger partial charge >= 0.3 is 0 Å². The summed E-state index contributed by atoms with van der Waals surface area (Å²) in [5, 5.41) is 4.24. The SMILES string of the molecule is CCc1ccc(CNc2ncc(CN)s2)cc1. The molecule has 0 aliphatic rings. The third-order valence-corrected chi connectivity index (χ3v) is 3.61. The van der Waals surface area contributed by atoms with E-state index in [1.165, 1.54) is 11.1 Å². The Morgan fingerprint density at radius 1 is 1.24 bits per heavy atom. The Bertz CT molecular complexity index is 462. The van der Waals surface area contributed by atoms with Gasteiger partial charge in [0.2, 0.25) is 0 Å². The summed E-state index contributed by atoms with van der Waals surface area (Å²) in [6.07, 6.45) is 2.91. The van der Waals surface area contributed by atoms with Gasteiger partial charge in [0, 0.05) is 24.2 Å². The number of anilines is 1. The van der Waals surface area contributed by atoms with Crippen LogP contribution in [0.2, 0.25) is 0 Å². The third-order valence-electron chi connectivity index (χ3n) is 2.63. The zero-order valence-electron chi connectivity index (χ0n) is 9.94. The van der Waals surface area contributed by atoms with E-state index in [9.17, 15) is 0 Å². The molecule has 0 radical (unpaired) electrons. The van der Waals surface area contributed by atoms with Crippen LogP contribution in [0.25, 0.3) is 0 Å².